The third kappa shape index (κ3) is 4.13. The highest BCUT2D eigenvalue weighted by Crippen LogP contribution is 2.19. The first-order chi connectivity index (χ1) is 9.49. The molecule has 2 heterocycles. The van der Waals surface area contributed by atoms with Crippen LogP contribution in [0.5, 0.6) is 0 Å². The maximum absolute atomic E-state index is 12.1. The van der Waals surface area contributed by atoms with E-state index >= 15 is 0 Å². The number of carbonyl (C=O) groups is 1. The Morgan fingerprint density at radius 3 is 2.55 bits per heavy atom. The van der Waals surface area contributed by atoms with E-state index < -0.39 is 22.1 Å². The van der Waals surface area contributed by atoms with Gasteiger partial charge in [-0.25, -0.2) is 0 Å². The van der Waals surface area contributed by atoms with E-state index in [1.807, 2.05) is 0 Å². The van der Waals surface area contributed by atoms with Crippen molar-refractivity contribution >= 4 is 16.2 Å². The van der Waals surface area contributed by atoms with Gasteiger partial charge in [-0.15, -0.1) is 0 Å². The first-order valence-electron chi connectivity index (χ1n) is 6.66. The van der Waals surface area contributed by atoms with Crippen molar-refractivity contribution in [3.63, 3.8) is 0 Å². The summed E-state index contributed by atoms with van der Waals surface area (Å²) in [5.41, 5.74) is 0. The number of ether oxygens (including phenoxy) is 2. The van der Waals surface area contributed by atoms with Crippen LogP contribution in [0.15, 0.2) is 0 Å². The number of hydrogen-bond donors (Lipinski definition) is 2. The van der Waals surface area contributed by atoms with Crippen LogP contribution < -0.4 is 4.72 Å². The maximum atomic E-state index is 12.1. The van der Waals surface area contributed by atoms with Gasteiger partial charge in [0, 0.05) is 19.6 Å². The van der Waals surface area contributed by atoms with Crippen LogP contribution in [0, 0.1) is 5.92 Å². The second kappa shape index (κ2) is 6.81. The predicted octanol–water partition coefficient (Wildman–Crippen LogP) is -0.967. The molecule has 2 aliphatic rings. The molecule has 0 bridgehead atoms. The summed E-state index contributed by atoms with van der Waals surface area (Å²) in [6, 6.07) is 0. The molecule has 0 radical (unpaired) electrons. The van der Waals surface area contributed by atoms with E-state index in [1.165, 1.54) is 4.31 Å². The van der Waals surface area contributed by atoms with Crippen molar-refractivity contribution in [2.24, 2.45) is 5.92 Å². The van der Waals surface area contributed by atoms with Crippen molar-refractivity contribution in [2.45, 2.75) is 18.9 Å². The third-order valence-corrected chi connectivity index (χ3v) is 5.10. The minimum Gasteiger partial charge on any atom is -0.481 e. The lowest BCUT2D eigenvalue weighted by atomic mass is 9.99. The molecule has 0 aromatic rings. The second-order valence-electron chi connectivity index (χ2n) is 4.93. The zero-order valence-electron chi connectivity index (χ0n) is 11.2. The van der Waals surface area contributed by atoms with E-state index in [4.69, 9.17) is 14.6 Å². The van der Waals surface area contributed by atoms with Crippen LogP contribution in [-0.4, -0.2) is 69.4 Å². The fraction of sp³-hybridized carbons (Fsp3) is 0.909. The predicted molar refractivity (Wildman–Crippen MR) is 69.4 cm³/mol. The summed E-state index contributed by atoms with van der Waals surface area (Å²) in [6.45, 7) is 2.01. The van der Waals surface area contributed by atoms with Crippen LogP contribution in [0.4, 0.5) is 0 Å². The topological polar surface area (TPSA) is 105 Å². The zero-order valence-corrected chi connectivity index (χ0v) is 12.0. The molecule has 0 spiro atoms. The molecular formula is C11H20N2O6S. The van der Waals surface area contributed by atoms with Crippen LogP contribution in [0.1, 0.15) is 12.8 Å². The normalized spacial score (nSPS) is 26.5. The molecule has 2 rings (SSSR count). The Balaban J connectivity index is 1.80. The van der Waals surface area contributed by atoms with Crippen molar-refractivity contribution in [1.29, 1.82) is 0 Å². The molecule has 2 aliphatic heterocycles. The van der Waals surface area contributed by atoms with Gasteiger partial charge in [0.2, 0.25) is 0 Å². The van der Waals surface area contributed by atoms with Gasteiger partial charge in [-0.05, 0) is 12.8 Å². The molecule has 2 N–H and O–H groups in total. The molecule has 0 aromatic carbocycles. The Hall–Kier alpha value is -0.740. The summed E-state index contributed by atoms with van der Waals surface area (Å²) in [7, 11) is -3.58. The van der Waals surface area contributed by atoms with E-state index in [9.17, 15) is 13.2 Å². The van der Waals surface area contributed by atoms with Gasteiger partial charge in [-0.2, -0.15) is 17.4 Å². The lowest BCUT2D eigenvalue weighted by Gasteiger charge is -2.30. The highest BCUT2D eigenvalue weighted by Gasteiger charge is 2.31. The molecule has 0 amide bonds. The number of carboxylic acid groups (broad SMARTS) is 1. The Morgan fingerprint density at radius 2 is 2.00 bits per heavy atom. The minimum absolute atomic E-state index is 0.168. The fourth-order valence-corrected chi connectivity index (χ4v) is 3.56. The number of rotatable bonds is 5. The Bertz CT molecular complexity index is 426. The monoisotopic (exact) mass is 308 g/mol. The molecule has 1 unspecified atom stereocenters. The number of nitrogens with zero attached hydrogens (tertiary/aromatic N) is 1. The van der Waals surface area contributed by atoms with Crippen LogP contribution in [-0.2, 0) is 24.5 Å². The molecule has 2 fully saturated rings. The van der Waals surface area contributed by atoms with Gasteiger partial charge in [0.05, 0.1) is 31.8 Å². The van der Waals surface area contributed by atoms with Crippen LogP contribution >= 0.6 is 0 Å². The molecule has 0 saturated carbocycles. The van der Waals surface area contributed by atoms with Crippen LogP contribution in [0.3, 0.4) is 0 Å². The highest BCUT2D eigenvalue weighted by atomic mass is 32.2. The van der Waals surface area contributed by atoms with Gasteiger partial charge in [0.1, 0.15) is 0 Å². The zero-order chi connectivity index (χ0) is 14.6. The van der Waals surface area contributed by atoms with Gasteiger partial charge in [-0.3, -0.25) is 4.79 Å². The van der Waals surface area contributed by atoms with Gasteiger partial charge in [-0.1, -0.05) is 0 Å². The van der Waals surface area contributed by atoms with E-state index in [2.05, 4.69) is 4.72 Å². The quantitative estimate of drug-likeness (QED) is 0.677. The standard InChI is InChI=1S/C11H20N2O6S/c14-11(15)9-1-3-13(4-2-9)20(16,17)12-7-10-8-18-5-6-19-10/h9-10,12H,1-8H2,(H,14,15). The number of aliphatic carboxylic acids is 1. The second-order valence-corrected chi connectivity index (χ2v) is 6.69. The summed E-state index contributed by atoms with van der Waals surface area (Å²) in [6.07, 6.45) is 0.425. The summed E-state index contributed by atoms with van der Waals surface area (Å²) in [4.78, 5) is 10.8. The first-order valence-corrected chi connectivity index (χ1v) is 8.10. The number of piperidine rings is 1. The average Bonchev–Trinajstić information content (AvgIpc) is 2.46. The summed E-state index contributed by atoms with van der Waals surface area (Å²) in [5, 5.41) is 8.89. The van der Waals surface area contributed by atoms with Crippen molar-refractivity contribution < 1.29 is 27.8 Å². The van der Waals surface area contributed by atoms with E-state index in [0.29, 0.717) is 32.7 Å². The molecule has 1 atom stereocenters. The maximum Gasteiger partial charge on any atom is 0.306 e. The fourth-order valence-electron chi connectivity index (χ4n) is 2.29. The van der Waals surface area contributed by atoms with E-state index in [1.54, 1.807) is 0 Å². The molecule has 116 valence electrons. The van der Waals surface area contributed by atoms with Crippen molar-refractivity contribution in [1.82, 2.24) is 9.03 Å². The largest absolute Gasteiger partial charge is 0.481 e. The number of nitrogens with one attached hydrogen (secondary N) is 1. The Morgan fingerprint density at radius 1 is 1.30 bits per heavy atom. The van der Waals surface area contributed by atoms with Crippen molar-refractivity contribution in [3.8, 4) is 0 Å². The molecule has 2 saturated heterocycles. The van der Waals surface area contributed by atoms with E-state index in [-0.39, 0.29) is 25.7 Å². The van der Waals surface area contributed by atoms with Crippen molar-refractivity contribution in [2.75, 3.05) is 39.5 Å². The van der Waals surface area contributed by atoms with Crippen molar-refractivity contribution in [3.05, 3.63) is 0 Å². The van der Waals surface area contributed by atoms with Crippen LogP contribution in [0.25, 0.3) is 0 Å². The Labute approximate surface area is 118 Å². The molecular weight excluding hydrogens is 288 g/mol. The first kappa shape index (κ1) is 15.6. The summed E-state index contributed by atoms with van der Waals surface area (Å²) < 4.78 is 38.5. The van der Waals surface area contributed by atoms with Gasteiger partial charge >= 0.3 is 5.97 Å². The Kier molecular flexibility index (Phi) is 5.33. The summed E-state index contributed by atoms with van der Waals surface area (Å²) in [5.74, 6) is -1.31. The smallest absolute Gasteiger partial charge is 0.306 e. The lowest BCUT2D eigenvalue weighted by molar-refractivity contribution is -0.142. The lowest BCUT2D eigenvalue weighted by Crippen LogP contribution is -2.49. The van der Waals surface area contributed by atoms with Gasteiger partial charge in [0.15, 0.2) is 0 Å². The molecule has 20 heavy (non-hydrogen) atoms. The molecule has 0 aliphatic carbocycles. The SMILES string of the molecule is O=C(O)C1CCN(S(=O)(=O)NCC2COCCO2)CC1. The van der Waals surface area contributed by atoms with Crippen LogP contribution in [0.2, 0.25) is 0 Å². The number of carboxylic acids is 1. The van der Waals surface area contributed by atoms with Gasteiger partial charge in [0.25, 0.3) is 10.2 Å². The third-order valence-electron chi connectivity index (χ3n) is 3.52. The number of hydrogen-bond acceptors (Lipinski definition) is 5. The van der Waals surface area contributed by atoms with Gasteiger partial charge < -0.3 is 14.6 Å². The highest BCUT2D eigenvalue weighted by molar-refractivity contribution is 7.87. The molecule has 0 aromatic heterocycles. The molecule has 8 nitrogen and oxygen atoms in total. The molecule has 9 heteroatoms. The minimum atomic E-state index is -3.58. The average molecular weight is 308 g/mol. The van der Waals surface area contributed by atoms with E-state index in [0.717, 1.165) is 0 Å². The summed E-state index contributed by atoms with van der Waals surface area (Å²) >= 11 is 0.